The molecule has 2 heterocycles. The SMILES string of the molecule is Cc1nccc(C(=O)N2CCCC(c3ccc(CN)cc3)C2)c1C.N. The van der Waals surface area contributed by atoms with E-state index in [1.165, 1.54) is 5.56 Å². The molecule has 1 amide bonds. The topological polar surface area (TPSA) is 94.2 Å². The van der Waals surface area contributed by atoms with Gasteiger partial charge in [-0.1, -0.05) is 24.3 Å². The van der Waals surface area contributed by atoms with Gasteiger partial charge in [-0.05, 0) is 49.4 Å². The van der Waals surface area contributed by atoms with Crippen molar-refractivity contribution in [2.75, 3.05) is 13.1 Å². The van der Waals surface area contributed by atoms with E-state index in [0.717, 1.165) is 48.3 Å². The largest absolute Gasteiger partial charge is 0.344 e. The van der Waals surface area contributed by atoms with Crippen LogP contribution >= 0.6 is 0 Å². The van der Waals surface area contributed by atoms with E-state index in [2.05, 4.69) is 29.2 Å². The van der Waals surface area contributed by atoms with E-state index >= 15 is 0 Å². The van der Waals surface area contributed by atoms with E-state index in [-0.39, 0.29) is 12.1 Å². The molecule has 0 spiro atoms. The van der Waals surface area contributed by atoms with E-state index in [4.69, 9.17) is 5.73 Å². The number of piperidine rings is 1. The van der Waals surface area contributed by atoms with Crippen molar-refractivity contribution in [2.24, 2.45) is 5.73 Å². The first-order chi connectivity index (χ1) is 11.6. The van der Waals surface area contributed by atoms with Gasteiger partial charge in [0, 0.05) is 43.0 Å². The fourth-order valence-corrected chi connectivity index (χ4v) is 3.40. The number of pyridine rings is 1. The maximum Gasteiger partial charge on any atom is 0.254 e. The molecule has 0 aliphatic carbocycles. The molecule has 1 aliphatic rings. The van der Waals surface area contributed by atoms with Crippen LogP contribution in [0, 0.1) is 13.8 Å². The third kappa shape index (κ3) is 4.06. The van der Waals surface area contributed by atoms with Gasteiger partial charge in [0.1, 0.15) is 0 Å². The minimum atomic E-state index is 0. The maximum atomic E-state index is 12.9. The molecule has 0 bridgehead atoms. The first-order valence-electron chi connectivity index (χ1n) is 8.60. The summed E-state index contributed by atoms with van der Waals surface area (Å²) in [6.07, 6.45) is 3.89. The number of likely N-dealkylation sites (tertiary alicyclic amines) is 1. The highest BCUT2D eigenvalue weighted by Crippen LogP contribution is 2.28. The molecule has 1 aromatic carbocycles. The Bertz CT molecular complexity index is 727. The fraction of sp³-hybridized carbons (Fsp3) is 0.400. The number of rotatable bonds is 3. The lowest BCUT2D eigenvalue weighted by Crippen LogP contribution is -2.39. The van der Waals surface area contributed by atoms with Crippen molar-refractivity contribution in [1.29, 1.82) is 0 Å². The van der Waals surface area contributed by atoms with E-state index in [1.807, 2.05) is 24.8 Å². The molecule has 0 radical (unpaired) electrons. The quantitative estimate of drug-likeness (QED) is 0.896. The lowest BCUT2D eigenvalue weighted by molar-refractivity contribution is 0.0706. The molecule has 5 N–H and O–H groups in total. The van der Waals surface area contributed by atoms with Gasteiger partial charge in [-0.2, -0.15) is 0 Å². The number of aryl methyl sites for hydroxylation is 1. The Kier molecular flexibility index (Phi) is 6.28. The van der Waals surface area contributed by atoms with Gasteiger partial charge in [0.2, 0.25) is 0 Å². The first kappa shape index (κ1) is 19.1. The van der Waals surface area contributed by atoms with Crippen molar-refractivity contribution in [3.8, 4) is 0 Å². The molecule has 5 heteroatoms. The van der Waals surface area contributed by atoms with Crippen molar-refractivity contribution in [3.63, 3.8) is 0 Å². The number of amides is 1. The number of carbonyl (C=O) groups is 1. The fourth-order valence-electron chi connectivity index (χ4n) is 3.40. The van der Waals surface area contributed by atoms with Crippen LogP contribution in [0.5, 0.6) is 0 Å². The second kappa shape index (κ2) is 8.23. The van der Waals surface area contributed by atoms with E-state index in [0.29, 0.717) is 12.5 Å². The van der Waals surface area contributed by atoms with E-state index < -0.39 is 0 Å². The number of hydrogen-bond acceptors (Lipinski definition) is 4. The third-order valence-corrected chi connectivity index (χ3v) is 5.08. The van der Waals surface area contributed by atoms with Gasteiger partial charge in [0.15, 0.2) is 0 Å². The molecule has 1 saturated heterocycles. The Morgan fingerprint density at radius 2 is 1.96 bits per heavy atom. The second-order valence-corrected chi connectivity index (χ2v) is 6.60. The predicted octanol–water partition coefficient (Wildman–Crippen LogP) is 3.34. The number of benzene rings is 1. The predicted molar refractivity (Wildman–Crippen MR) is 101 cm³/mol. The Morgan fingerprint density at radius 3 is 2.64 bits per heavy atom. The normalized spacial score (nSPS) is 17.1. The number of nitrogens with two attached hydrogens (primary N) is 1. The molecule has 1 aromatic heterocycles. The van der Waals surface area contributed by atoms with Crippen LogP contribution in [0.2, 0.25) is 0 Å². The molecule has 134 valence electrons. The molecule has 25 heavy (non-hydrogen) atoms. The summed E-state index contributed by atoms with van der Waals surface area (Å²) in [5.74, 6) is 0.527. The monoisotopic (exact) mass is 340 g/mol. The first-order valence-corrected chi connectivity index (χ1v) is 8.60. The van der Waals surface area contributed by atoms with Crippen LogP contribution in [-0.4, -0.2) is 28.9 Å². The van der Waals surface area contributed by atoms with Gasteiger partial charge in [0.25, 0.3) is 5.91 Å². The minimum Gasteiger partial charge on any atom is -0.344 e. The number of hydrogen-bond donors (Lipinski definition) is 2. The molecular weight excluding hydrogens is 312 g/mol. The summed E-state index contributed by atoms with van der Waals surface area (Å²) in [6, 6.07) is 10.3. The van der Waals surface area contributed by atoms with Crippen LogP contribution in [0.4, 0.5) is 0 Å². The zero-order valence-electron chi connectivity index (χ0n) is 15.2. The number of nitrogens with zero attached hydrogens (tertiary/aromatic N) is 2. The summed E-state index contributed by atoms with van der Waals surface area (Å²) in [7, 11) is 0. The molecule has 3 rings (SSSR count). The van der Waals surface area contributed by atoms with Gasteiger partial charge < -0.3 is 16.8 Å². The molecule has 0 saturated carbocycles. The van der Waals surface area contributed by atoms with Crippen molar-refractivity contribution >= 4 is 5.91 Å². The average molecular weight is 340 g/mol. The van der Waals surface area contributed by atoms with Crippen LogP contribution in [0.3, 0.4) is 0 Å². The Labute approximate surface area is 149 Å². The van der Waals surface area contributed by atoms with E-state index in [9.17, 15) is 4.79 Å². The minimum absolute atomic E-state index is 0. The number of carbonyl (C=O) groups excluding carboxylic acids is 1. The molecule has 5 nitrogen and oxygen atoms in total. The Morgan fingerprint density at radius 1 is 1.24 bits per heavy atom. The Balaban J connectivity index is 0.00000225. The zero-order valence-corrected chi connectivity index (χ0v) is 15.2. The van der Waals surface area contributed by atoms with Gasteiger partial charge in [0.05, 0.1) is 0 Å². The highest BCUT2D eigenvalue weighted by atomic mass is 16.2. The summed E-state index contributed by atoms with van der Waals surface area (Å²) in [6.45, 7) is 6.10. The molecule has 2 aromatic rings. The second-order valence-electron chi connectivity index (χ2n) is 6.60. The summed E-state index contributed by atoms with van der Waals surface area (Å²) < 4.78 is 0. The van der Waals surface area contributed by atoms with Crippen LogP contribution in [0.1, 0.15) is 51.5 Å². The van der Waals surface area contributed by atoms with E-state index in [1.54, 1.807) is 6.20 Å². The molecule has 1 unspecified atom stereocenters. The molecular formula is C20H28N4O. The van der Waals surface area contributed by atoms with Gasteiger partial charge in [-0.25, -0.2) is 0 Å². The van der Waals surface area contributed by atoms with Crippen molar-refractivity contribution in [3.05, 3.63) is 64.5 Å². The lowest BCUT2D eigenvalue weighted by Gasteiger charge is -2.33. The standard InChI is InChI=1S/C20H25N3O.H3N/c1-14-15(2)22-10-9-19(14)20(24)23-11-3-4-18(13-23)17-7-5-16(12-21)6-8-17;/h5-10,18H,3-4,11-13,21H2,1-2H3;1H3. The third-order valence-electron chi connectivity index (χ3n) is 5.08. The van der Waals surface area contributed by atoms with Crippen LogP contribution in [-0.2, 0) is 6.54 Å². The van der Waals surface area contributed by atoms with Crippen LogP contribution in [0.15, 0.2) is 36.5 Å². The molecule has 1 fully saturated rings. The van der Waals surface area contributed by atoms with Crippen LogP contribution < -0.4 is 11.9 Å². The number of aromatic nitrogens is 1. The van der Waals surface area contributed by atoms with Crippen LogP contribution in [0.25, 0.3) is 0 Å². The van der Waals surface area contributed by atoms with Crippen molar-refractivity contribution < 1.29 is 4.79 Å². The van der Waals surface area contributed by atoms with Gasteiger partial charge in [-0.15, -0.1) is 0 Å². The molecule has 1 atom stereocenters. The van der Waals surface area contributed by atoms with Gasteiger partial charge in [-0.3, -0.25) is 9.78 Å². The summed E-state index contributed by atoms with van der Waals surface area (Å²) >= 11 is 0. The van der Waals surface area contributed by atoms with Gasteiger partial charge >= 0.3 is 0 Å². The van der Waals surface area contributed by atoms with Crippen molar-refractivity contribution in [2.45, 2.75) is 39.2 Å². The van der Waals surface area contributed by atoms with Crippen molar-refractivity contribution in [1.82, 2.24) is 16.0 Å². The molecule has 1 aliphatic heterocycles. The lowest BCUT2D eigenvalue weighted by atomic mass is 9.89. The maximum absolute atomic E-state index is 12.9. The highest BCUT2D eigenvalue weighted by molar-refractivity contribution is 5.95. The summed E-state index contributed by atoms with van der Waals surface area (Å²) in [5.41, 5.74) is 10.8. The Hall–Kier alpha value is -2.24. The highest BCUT2D eigenvalue weighted by Gasteiger charge is 2.26. The average Bonchev–Trinajstić information content (AvgIpc) is 2.63. The summed E-state index contributed by atoms with van der Waals surface area (Å²) in [4.78, 5) is 19.2. The summed E-state index contributed by atoms with van der Waals surface area (Å²) in [5, 5.41) is 0. The zero-order chi connectivity index (χ0) is 17.1. The smallest absolute Gasteiger partial charge is 0.254 e.